The number of anilines is 1. The lowest BCUT2D eigenvalue weighted by atomic mass is 10.00. The van der Waals surface area contributed by atoms with E-state index in [4.69, 9.17) is 5.73 Å². The van der Waals surface area contributed by atoms with E-state index in [0.717, 1.165) is 5.92 Å². The first kappa shape index (κ1) is 6.52. The third kappa shape index (κ3) is 0.642. The maximum Gasteiger partial charge on any atom is 0.145 e. The van der Waals surface area contributed by atoms with E-state index in [0.29, 0.717) is 11.2 Å². The summed E-state index contributed by atoms with van der Waals surface area (Å²) in [6.07, 6.45) is 5.47. The molecule has 2 aliphatic carbocycles. The SMILES string of the molecule is Nc1cc([C@@]23CCC[C@@H]2C3)[nH]n1. The van der Waals surface area contributed by atoms with Crippen LogP contribution < -0.4 is 5.73 Å². The maximum atomic E-state index is 5.58. The average Bonchev–Trinajstić information content (AvgIpc) is 2.50. The summed E-state index contributed by atoms with van der Waals surface area (Å²) in [4.78, 5) is 0. The van der Waals surface area contributed by atoms with Gasteiger partial charge < -0.3 is 5.73 Å². The Bertz CT molecular complexity index is 317. The monoisotopic (exact) mass is 163 g/mol. The van der Waals surface area contributed by atoms with Crippen LogP contribution in [0.3, 0.4) is 0 Å². The lowest BCUT2D eigenvalue weighted by Gasteiger charge is -2.06. The molecule has 64 valence electrons. The predicted octanol–water partition coefficient (Wildman–Crippen LogP) is 1.43. The molecule has 0 saturated heterocycles. The summed E-state index contributed by atoms with van der Waals surface area (Å²) in [5.41, 5.74) is 7.34. The van der Waals surface area contributed by atoms with E-state index in [1.54, 1.807) is 0 Å². The van der Waals surface area contributed by atoms with Gasteiger partial charge in [0.05, 0.1) is 0 Å². The molecular weight excluding hydrogens is 150 g/mol. The number of aromatic nitrogens is 2. The molecule has 1 heterocycles. The molecule has 3 heteroatoms. The van der Waals surface area contributed by atoms with Crippen LogP contribution in [0.25, 0.3) is 0 Å². The minimum absolute atomic E-state index is 0.477. The van der Waals surface area contributed by atoms with E-state index >= 15 is 0 Å². The second-order valence-electron chi connectivity index (χ2n) is 4.16. The van der Waals surface area contributed by atoms with Crippen molar-refractivity contribution in [2.75, 3.05) is 5.73 Å². The molecule has 0 radical (unpaired) electrons. The van der Waals surface area contributed by atoms with Gasteiger partial charge in [-0.3, -0.25) is 5.10 Å². The summed E-state index contributed by atoms with van der Waals surface area (Å²) < 4.78 is 0. The number of hydrogen-bond acceptors (Lipinski definition) is 2. The van der Waals surface area contributed by atoms with Crippen molar-refractivity contribution < 1.29 is 0 Å². The first-order valence-electron chi connectivity index (χ1n) is 4.63. The average molecular weight is 163 g/mol. The highest BCUT2D eigenvalue weighted by atomic mass is 15.2. The number of nitrogens with two attached hydrogens (primary N) is 1. The van der Waals surface area contributed by atoms with Gasteiger partial charge in [0.2, 0.25) is 0 Å². The highest BCUT2D eigenvalue weighted by molar-refractivity contribution is 5.38. The van der Waals surface area contributed by atoms with Crippen LogP contribution in [0.1, 0.15) is 31.4 Å². The summed E-state index contributed by atoms with van der Waals surface area (Å²) >= 11 is 0. The molecule has 0 amide bonds. The number of nitrogen functional groups attached to an aromatic ring is 1. The number of rotatable bonds is 1. The van der Waals surface area contributed by atoms with Crippen LogP contribution in [-0.4, -0.2) is 10.2 Å². The third-order valence-electron chi connectivity index (χ3n) is 3.54. The topological polar surface area (TPSA) is 54.7 Å². The maximum absolute atomic E-state index is 5.58. The Morgan fingerprint density at radius 2 is 2.58 bits per heavy atom. The number of H-pyrrole nitrogens is 1. The van der Waals surface area contributed by atoms with Crippen LogP contribution >= 0.6 is 0 Å². The van der Waals surface area contributed by atoms with Crippen LogP contribution in [0.15, 0.2) is 6.07 Å². The molecule has 0 unspecified atom stereocenters. The van der Waals surface area contributed by atoms with Crippen LogP contribution in [0.2, 0.25) is 0 Å². The highest BCUT2D eigenvalue weighted by Crippen LogP contribution is 2.63. The van der Waals surface area contributed by atoms with Gasteiger partial charge in [0.25, 0.3) is 0 Å². The molecule has 3 nitrogen and oxygen atoms in total. The van der Waals surface area contributed by atoms with Gasteiger partial charge in [0.15, 0.2) is 0 Å². The van der Waals surface area contributed by atoms with Crippen molar-refractivity contribution in [3.8, 4) is 0 Å². The van der Waals surface area contributed by atoms with Gasteiger partial charge in [0.1, 0.15) is 5.82 Å². The minimum Gasteiger partial charge on any atom is -0.382 e. The Morgan fingerprint density at radius 3 is 3.08 bits per heavy atom. The summed E-state index contributed by atoms with van der Waals surface area (Å²) in [7, 11) is 0. The van der Waals surface area contributed by atoms with Crippen molar-refractivity contribution in [2.45, 2.75) is 31.1 Å². The first-order chi connectivity index (χ1) is 5.81. The van der Waals surface area contributed by atoms with Crippen molar-refractivity contribution in [2.24, 2.45) is 5.92 Å². The molecule has 12 heavy (non-hydrogen) atoms. The number of nitrogens with zero attached hydrogens (tertiary/aromatic N) is 1. The molecule has 0 bridgehead atoms. The Hall–Kier alpha value is -0.990. The first-order valence-corrected chi connectivity index (χ1v) is 4.63. The molecule has 2 atom stereocenters. The van der Waals surface area contributed by atoms with Gasteiger partial charge in [-0.15, -0.1) is 0 Å². The molecule has 0 aliphatic heterocycles. The fourth-order valence-corrected chi connectivity index (χ4v) is 2.79. The molecule has 3 rings (SSSR count). The van der Waals surface area contributed by atoms with Crippen LogP contribution in [0, 0.1) is 5.92 Å². The molecule has 1 aromatic heterocycles. The number of fused-ring (bicyclic) bond motifs is 1. The smallest absolute Gasteiger partial charge is 0.145 e. The fourth-order valence-electron chi connectivity index (χ4n) is 2.79. The molecule has 2 aliphatic rings. The van der Waals surface area contributed by atoms with E-state index in [9.17, 15) is 0 Å². The number of hydrogen-bond donors (Lipinski definition) is 2. The summed E-state index contributed by atoms with van der Waals surface area (Å²) in [5, 5.41) is 7.04. The van der Waals surface area contributed by atoms with E-state index in [1.807, 2.05) is 6.07 Å². The Labute approximate surface area is 71.3 Å². The summed E-state index contributed by atoms with van der Waals surface area (Å²) in [5.74, 6) is 1.56. The van der Waals surface area contributed by atoms with E-state index < -0.39 is 0 Å². The molecule has 1 aromatic rings. The van der Waals surface area contributed by atoms with Gasteiger partial charge in [0, 0.05) is 17.2 Å². The van der Waals surface area contributed by atoms with Crippen molar-refractivity contribution in [3.05, 3.63) is 11.8 Å². The van der Waals surface area contributed by atoms with E-state index in [-0.39, 0.29) is 0 Å². The van der Waals surface area contributed by atoms with Crippen LogP contribution in [0.4, 0.5) is 5.82 Å². The van der Waals surface area contributed by atoms with Gasteiger partial charge in [-0.1, -0.05) is 6.42 Å². The molecule has 3 N–H and O–H groups in total. The van der Waals surface area contributed by atoms with Gasteiger partial charge in [-0.05, 0) is 25.2 Å². The van der Waals surface area contributed by atoms with Crippen LogP contribution in [-0.2, 0) is 5.41 Å². The quantitative estimate of drug-likeness (QED) is 0.658. The fraction of sp³-hybridized carbons (Fsp3) is 0.667. The van der Waals surface area contributed by atoms with Crippen molar-refractivity contribution >= 4 is 5.82 Å². The standard InChI is InChI=1S/C9H13N3/c10-8-4-7(11-12-8)9-3-1-2-6(9)5-9/h4,6H,1-3,5H2,(H3,10,11,12)/t6-,9-/m1/s1. The van der Waals surface area contributed by atoms with E-state index in [1.165, 1.54) is 31.4 Å². The summed E-state index contributed by atoms with van der Waals surface area (Å²) in [6, 6.07) is 2.01. The zero-order valence-corrected chi connectivity index (χ0v) is 7.01. The zero-order chi connectivity index (χ0) is 8.18. The highest BCUT2D eigenvalue weighted by Gasteiger charge is 2.58. The summed E-state index contributed by atoms with van der Waals surface area (Å²) in [6.45, 7) is 0. The largest absolute Gasteiger partial charge is 0.382 e. The van der Waals surface area contributed by atoms with E-state index in [2.05, 4.69) is 10.2 Å². The second-order valence-corrected chi connectivity index (χ2v) is 4.16. The number of nitrogens with one attached hydrogen (secondary N) is 1. The Kier molecular flexibility index (Phi) is 1.000. The molecule has 0 aromatic carbocycles. The van der Waals surface area contributed by atoms with Crippen LogP contribution in [0.5, 0.6) is 0 Å². The second kappa shape index (κ2) is 1.84. The molecular formula is C9H13N3. The zero-order valence-electron chi connectivity index (χ0n) is 7.01. The third-order valence-corrected chi connectivity index (χ3v) is 3.54. The minimum atomic E-state index is 0.477. The van der Waals surface area contributed by atoms with Gasteiger partial charge >= 0.3 is 0 Å². The Balaban J connectivity index is 1.99. The molecule has 0 spiro atoms. The normalized spacial score (nSPS) is 38.2. The molecule has 2 fully saturated rings. The lowest BCUT2D eigenvalue weighted by Crippen LogP contribution is -2.05. The Morgan fingerprint density at radius 1 is 1.67 bits per heavy atom. The van der Waals surface area contributed by atoms with Gasteiger partial charge in [-0.2, -0.15) is 5.10 Å². The lowest BCUT2D eigenvalue weighted by molar-refractivity contribution is 0.633. The number of aromatic amines is 1. The molecule has 2 saturated carbocycles. The van der Waals surface area contributed by atoms with Crippen molar-refractivity contribution in [3.63, 3.8) is 0 Å². The van der Waals surface area contributed by atoms with Crippen molar-refractivity contribution in [1.29, 1.82) is 0 Å². The van der Waals surface area contributed by atoms with Gasteiger partial charge in [-0.25, -0.2) is 0 Å². The van der Waals surface area contributed by atoms with Crippen molar-refractivity contribution in [1.82, 2.24) is 10.2 Å². The predicted molar refractivity (Wildman–Crippen MR) is 46.6 cm³/mol.